The Labute approximate surface area is 152 Å². The second kappa shape index (κ2) is 7.35. The van der Waals surface area contributed by atoms with Gasteiger partial charge in [-0.2, -0.15) is 0 Å². The van der Waals surface area contributed by atoms with Gasteiger partial charge in [-0.25, -0.2) is 0 Å². The van der Waals surface area contributed by atoms with Gasteiger partial charge in [0, 0.05) is 10.0 Å². The van der Waals surface area contributed by atoms with Crippen molar-refractivity contribution in [1.29, 1.82) is 0 Å². The summed E-state index contributed by atoms with van der Waals surface area (Å²) in [6.07, 6.45) is 3.91. The highest BCUT2D eigenvalue weighted by Gasteiger charge is 2.26. The molecule has 2 aromatic rings. The lowest BCUT2D eigenvalue weighted by Gasteiger charge is -2.23. The van der Waals surface area contributed by atoms with Crippen LogP contribution >= 0.6 is 23.2 Å². The second-order valence-corrected chi connectivity index (χ2v) is 6.95. The fourth-order valence-electron chi connectivity index (χ4n) is 2.83. The highest BCUT2D eigenvalue weighted by molar-refractivity contribution is 6.30. The number of benzene rings is 2. The number of hydrogen-bond donors (Lipinski definition) is 1. The second-order valence-electron chi connectivity index (χ2n) is 6.08. The first-order valence-electron chi connectivity index (χ1n) is 7.79. The van der Waals surface area contributed by atoms with Crippen molar-refractivity contribution in [1.82, 2.24) is 0 Å². The molecule has 1 aliphatic heterocycles. The number of hydrogen-bond acceptors (Lipinski definition) is 1. The minimum Gasteiger partial charge on any atom is -0.330 e. The Balaban J connectivity index is 1.90. The topological polar surface area (TPSA) is 21.5 Å². The zero-order chi connectivity index (χ0) is 17.1. The predicted molar refractivity (Wildman–Crippen MR) is 100 cm³/mol. The van der Waals surface area contributed by atoms with Crippen LogP contribution in [0.15, 0.2) is 59.7 Å². The maximum Gasteiger partial charge on any atom is 0.196 e. The predicted octanol–water partition coefficient (Wildman–Crippen LogP) is 3.56. The summed E-state index contributed by atoms with van der Waals surface area (Å²) < 4.78 is 0. The summed E-state index contributed by atoms with van der Waals surface area (Å²) in [5.74, 6) is 0.116. The molecule has 0 aliphatic carbocycles. The minimum absolute atomic E-state index is 0.116. The van der Waals surface area contributed by atoms with Gasteiger partial charge in [0.15, 0.2) is 5.78 Å². The number of ketones is 1. The van der Waals surface area contributed by atoms with Crippen LogP contribution in [-0.2, 0) is 4.79 Å². The zero-order valence-corrected chi connectivity index (χ0v) is 14.9. The molecule has 1 aliphatic rings. The van der Waals surface area contributed by atoms with Gasteiger partial charge < -0.3 is 4.90 Å². The van der Waals surface area contributed by atoms with Gasteiger partial charge in [0.2, 0.25) is 0 Å². The van der Waals surface area contributed by atoms with Crippen LogP contribution in [0.4, 0.5) is 0 Å². The first kappa shape index (κ1) is 17.0. The molecule has 4 heteroatoms. The molecule has 3 rings (SSSR count). The third-order valence-corrected chi connectivity index (χ3v) is 4.49. The Morgan fingerprint density at radius 2 is 1.17 bits per heavy atom. The lowest BCUT2D eigenvalue weighted by atomic mass is 9.94. The van der Waals surface area contributed by atoms with Crippen molar-refractivity contribution in [2.24, 2.45) is 0 Å². The van der Waals surface area contributed by atoms with E-state index < -0.39 is 0 Å². The van der Waals surface area contributed by atoms with Crippen molar-refractivity contribution in [2.45, 2.75) is 0 Å². The molecule has 0 aromatic heterocycles. The molecule has 2 nitrogen and oxygen atoms in total. The highest BCUT2D eigenvalue weighted by Crippen LogP contribution is 2.18. The van der Waals surface area contributed by atoms with Gasteiger partial charge in [-0.05, 0) is 47.5 Å². The number of rotatable bonds is 2. The molecule has 0 bridgehead atoms. The molecule has 0 radical (unpaired) electrons. The summed E-state index contributed by atoms with van der Waals surface area (Å²) in [4.78, 5) is 14.1. The molecule has 0 saturated carbocycles. The van der Waals surface area contributed by atoms with E-state index in [0.29, 0.717) is 10.0 Å². The summed E-state index contributed by atoms with van der Waals surface area (Å²) in [7, 11) is 2.10. The van der Waals surface area contributed by atoms with Gasteiger partial charge in [0.1, 0.15) is 13.1 Å². The summed E-state index contributed by atoms with van der Waals surface area (Å²) in [5.41, 5.74) is 3.62. The van der Waals surface area contributed by atoms with E-state index in [4.69, 9.17) is 23.2 Å². The zero-order valence-electron chi connectivity index (χ0n) is 13.4. The third-order valence-electron chi connectivity index (χ3n) is 3.99. The fraction of sp³-hybridized carbons (Fsp3) is 0.150. The van der Waals surface area contributed by atoms with Crippen LogP contribution in [-0.4, -0.2) is 25.9 Å². The normalized spacial score (nSPS) is 21.5. The summed E-state index contributed by atoms with van der Waals surface area (Å²) in [6.45, 7) is 1.44. The van der Waals surface area contributed by atoms with E-state index in [1.54, 1.807) is 0 Å². The average molecular weight is 359 g/mol. The first-order valence-corrected chi connectivity index (χ1v) is 8.55. The van der Waals surface area contributed by atoms with E-state index in [0.717, 1.165) is 35.4 Å². The van der Waals surface area contributed by atoms with Crippen molar-refractivity contribution in [3.63, 3.8) is 0 Å². The molecule has 0 unspecified atom stereocenters. The molecule has 1 N–H and O–H groups in total. The average Bonchev–Trinajstić information content (AvgIpc) is 2.56. The first-order chi connectivity index (χ1) is 11.5. The summed E-state index contributed by atoms with van der Waals surface area (Å²) in [5, 5.41) is 1.39. The van der Waals surface area contributed by atoms with Crippen LogP contribution in [0.2, 0.25) is 10.0 Å². The summed E-state index contributed by atoms with van der Waals surface area (Å²) >= 11 is 11.8. The Hall–Kier alpha value is -1.87. The van der Waals surface area contributed by atoms with Crippen LogP contribution in [0.25, 0.3) is 12.2 Å². The number of piperidine rings is 1. The number of quaternary nitrogens is 1. The molecule has 24 heavy (non-hydrogen) atoms. The molecule has 122 valence electrons. The molecule has 2 aromatic carbocycles. The monoisotopic (exact) mass is 358 g/mol. The quantitative estimate of drug-likeness (QED) is 0.814. The standard InChI is InChI=1S/C20H17Cl2NO/c1-23-12-16(10-14-2-6-18(21)7-3-14)20(24)17(13-23)11-15-4-8-19(22)9-5-15/h2-11H,12-13H2,1H3/p+1/b16-10+,17-11+. The van der Waals surface area contributed by atoms with Crippen molar-refractivity contribution in [2.75, 3.05) is 20.1 Å². The lowest BCUT2D eigenvalue weighted by molar-refractivity contribution is -0.870. The van der Waals surface area contributed by atoms with Gasteiger partial charge in [0.05, 0.1) is 18.2 Å². The van der Waals surface area contributed by atoms with Crippen LogP contribution < -0.4 is 4.90 Å². The Kier molecular flexibility index (Phi) is 5.20. The van der Waals surface area contributed by atoms with E-state index >= 15 is 0 Å². The lowest BCUT2D eigenvalue weighted by Crippen LogP contribution is -3.10. The van der Waals surface area contributed by atoms with Crippen LogP contribution in [0.5, 0.6) is 0 Å². The molecule has 0 atom stereocenters. The van der Waals surface area contributed by atoms with Crippen molar-refractivity contribution >= 4 is 41.1 Å². The Morgan fingerprint density at radius 3 is 1.54 bits per heavy atom. The van der Waals surface area contributed by atoms with E-state index in [2.05, 4.69) is 7.05 Å². The largest absolute Gasteiger partial charge is 0.330 e. The van der Waals surface area contributed by atoms with Gasteiger partial charge in [-0.1, -0.05) is 47.5 Å². The minimum atomic E-state index is 0.116. The number of carbonyl (C=O) groups is 1. The van der Waals surface area contributed by atoms with Crippen LogP contribution in [0, 0.1) is 0 Å². The van der Waals surface area contributed by atoms with E-state index in [1.807, 2.05) is 60.7 Å². The molecule has 1 fully saturated rings. The third kappa shape index (κ3) is 4.15. The maximum absolute atomic E-state index is 12.8. The molecular formula is C20H18Cl2NO+. The number of halogens is 2. The van der Waals surface area contributed by atoms with Gasteiger partial charge >= 0.3 is 0 Å². The van der Waals surface area contributed by atoms with Gasteiger partial charge in [0.25, 0.3) is 0 Å². The van der Waals surface area contributed by atoms with E-state index in [1.165, 1.54) is 4.90 Å². The molecule has 0 spiro atoms. The van der Waals surface area contributed by atoms with Crippen molar-refractivity contribution in [3.05, 3.63) is 80.8 Å². The number of likely N-dealkylation sites (N-methyl/N-ethyl adjacent to an activating group) is 1. The van der Waals surface area contributed by atoms with Gasteiger partial charge in [-0.15, -0.1) is 0 Å². The number of carbonyl (C=O) groups excluding carboxylic acids is 1. The van der Waals surface area contributed by atoms with Crippen LogP contribution in [0.3, 0.4) is 0 Å². The van der Waals surface area contributed by atoms with E-state index in [-0.39, 0.29) is 5.78 Å². The highest BCUT2D eigenvalue weighted by atomic mass is 35.5. The van der Waals surface area contributed by atoms with Gasteiger partial charge in [-0.3, -0.25) is 4.79 Å². The molecule has 1 saturated heterocycles. The molecular weight excluding hydrogens is 341 g/mol. The Bertz CT molecular complexity index is 737. The molecule has 1 heterocycles. The van der Waals surface area contributed by atoms with Crippen molar-refractivity contribution in [3.8, 4) is 0 Å². The summed E-state index contributed by atoms with van der Waals surface area (Å²) in [6, 6.07) is 15.0. The fourth-order valence-corrected chi connectivity index (χ4v) is 3.09. The molecule has 0 amide bonds. The number of likely N-dealkylation sites (tertiary alicyclic amines) is 1. The number of Topliss-reactive ketones (excluding diaryl/α,β-unsaturated/α-hetero) is 1. The smallest absolute Gasteiger partial charge is 0.196 e. The SMILES string of the molecule is C[NH+]1C/C(=C\c2ccc(Cl)cc2)C(=O)/C(=C/c2ccc(Cl)cc2)C1. The van der Waals surface area contributed by atoms with Crippen molar-refractivity contribution < 1.29 is 9.69 Å². The number of nitrogens with one attached hydrogen (secondary N) is 1. The van der Waals surface area contributed by atoms with Crippen LogP contribution in [0.1, 0.15) is 11.1 Å². The Morgan fingerprint density at radius 1 is 0.792 bits per heavy atom. The maximum atomic E-state index is 12.8. The van der Waals surface area contributed by atoms with E-state index in [9.17, 15) is 4.79 Å².